The van der Waals surface area contributed by atoms with Crippen molar-refractivity contribution >= 4 is 5.78 Å². The van der Waals surface area contributed by atoms with Crippen molar-refractivity contribution in [1.29, 1.82) is 0 Å². The zero-order valence-electron chi connectivity index (χ0n) is 8.46. The van der Waals surface area contributed by atoms with Crippen LogP contribution < -0.4 is 0 Å². The minimum atomic E-state index is -0.870. The molecule has 16 heavy (non-hydrogen) atoms. The van der Waals surface area contributed by atoms with Crippen molar-refractivity contribution in [2.75, 3.05) is 0 Å². The van der Waals surface area contributed by atoms with Gasteiger partial charge in [-0.05, 0) is 25.1 Å². The Labute approximate surface area is 90.5 Å². The highest BCUT2D eigenvalue weighted by Crippen LogP contribution is 2.19. The summed E-state index contributed by atoms with van der Waals surface area (Å²) in [7, 11) is 0. The van der Waals surface area contributed by atoms with Crippen LogP contribution in [0.3, 0.4) is 0 Å². The average molecular weight is 222 g/mol. The molecule has 0 spiro atoms. The molecule has 0 N–H and O–H groups in total. The van der Waals surface area contributed by atoms with E-state index in [1.165, 1.54) is 18.4 Å². The number of hydrogen-bond donors (Lipinski definition) is 0. The maximum Gasteiger partial charge on any atom is 0.202 e. The number of furan rings is 1. The summed E-state index contributed by atoms with van der Waals surface area (Å²) in [5.74, 6) is -2.11. The number of rotatable bonds is 2. The van der Waals surface area contributed by atoms with Crippen LogP contribution in [-0.2, 0) is 0 Å². The number of carbonyl (C=O) groups is 1. The zero-order valence-corrected chi connectivity index (χ0v) is 8.46. The van der Waals surface area contributed by atoms with E-state index < -0.39 is 23.0 Å². The van der Waals surface area contributed by atoms with Crippen molar-refractivity contribution in [3.05, 3.63) is 59.1 Å². The van der Waals surface area contributed by atoms with Gasteiger partial charge < -0.3 is 4.42 Å². The maximum atomic E-state index is 13.3. The Kier molecular flexibility index (Phi) is 2.56. The molecule has 0 bridgehead atoms. The van der Waals surface area contributed by atoms with Crippen LogP contribution in [0.5, 0.6) is 0 Å². The first-order valence-electron chi connectivity index (χ1n) is 4.64. The van der Waals surface area contributed by atoms with Crippen LogP contribution in [0.4, 0.5) is 8.78 Å². The average Bonchev–Trinajstić information content (AvgIpc) is 2.64. The monoisotopic (exact) mass is 222 g/mol. The van der Waals surface area contributed by atoms with Gasteiger partial charge >= 0.3 is 0 Å². The standard InChI is InChI=1S/C12H8F2O2/c1-7-8(5-6-16-7)12(15)11-9(13)3-2-4-10(11)14/h2-6H,1H3. The van der Waals surface area contributed by atoms with E-state index in [1.54, 1.807) is 6.92 Å². The number of benzene rings is 1. The first kappa shape index (κ1) is 10.5. The Morgan fingerprint density at radius 2 is 1.81 bits per heavy atom. The summed E-state index contributed by atoms with van der Waals surface area (Å²) < 4.78 is 31.6. The van der Waals surface area contributed by atoms with Crippen LogP contribution in [0.2, 0.25) is 0 Å². The zero-order chi connectivity index (χ0) is 11.7. The van der Waals surface area contributed by atoms with Crippen molar-refractivity contribution in [2.45, 2.75) is 6.92 Å². The smallest absolute Gasteiger partial charge is 0.202 e. The highest BCUT2D eigenvalue weighted by Gasteiger charge is 2.21. The quantitative estimate of drug-likeness (QED) is 0.731. The number of halogens is 2. The molecule has 1 heterocycles. The summed E-state index contributed by atoms with van der Waals surface area (Å²) in [5.41, 5.74) is -0.379. The predicted octanol–water partition coefficient (Wildman–Crippen LogP) is 3.10. The van der Waals surface area contributed by atoms with Gasteiger partial charge in [0.15, 0.2) is 0 Å². The fourth-order valence-corrected chi connectivity index (χ4v) is 1.47. The van der Waals surface area contributed by atoms with Crippen molar-refractivity contribution < 1.29 is 18.0 Å². The summed E-state index contributed by atoms with van der Waals surface area (Å²) in [6.07, 6.45) is 1.31. The Morgan fingerprint density at radius 3 is 2.31 bits per heavy atom. The molecule has 0 fully saturated rings. The fourth-order valence-electron chi connectivity index (χ4n) is 1.47. The van der Waals surface area contributed by atoms with E-state index in [2.05, 4.69) is 0 Å². The van der Waals surface area contributed by atoms with Crippen molar-refractivity contribution in [1.82, 2.24) is 0 Å². The normalized spacial score (nSPS) is 10.4. The molecule has 0 aliphatic rings. The largest absolute Gasteiger partial charge is 0.469 e. The highest BCUT2D eigenvalue weighted by atomic mass is 19.1. The first-order chi connectivity index (χ1) is 7.61. The van der Waals surface area contributed by atoms with Crippen molar-refractivity contribution in [2.24, 2.45) is 0 Å². The molecule has 0 saturated carbocycles. The van der Waals surface area contributed by atoms with Gasteiger partial charge in [0.1, 0.15) is 17.4 Å². The number of ketones is 1. The van der Waals surface area contributed by atoms with Gasteiger partial charge in [0.2, 0.25) is 5.78 Å². The summed E-state index contributed by atoms with van der Waals surface area (Å²) in [6.45, 7) is 1.56. The number of carbonyl (C=O) groups excluding carboxylic acids is 1. The summed E-state index contributed by atoms with van der Waals surface area (Å²) in [6, 6.07) is 4.70. The molecule has 1 aromatic heterocycles. The minimum Gasteiger partial charge on any atom is -0.469 e. The molecule has 0 saturated heterocycles. The van der Waals surface area contributed by atoms with Crippen LogP contribution in [-0.4, -0.2) is 5.78 Å². The molecule has 2 aromatic rings. The minimum absolute atomic E-state index is 0.170. The third kappa shape index (κ3) is 1.62. The molecule has 82 valence electrons. The molecule has 0 aliphatic carbocycles. The number of hydrogen-bond acceptors (Lipinski definition) is 2. The van der Waals surface area contributed by atoms with E-state index in [0.717, 1.165) is 12.1 Å². The van der Waals surface area contributed by atoms with E-state index >= 15 is 0 Å². The van der Waals surface area contributed by atoms with Crippen molar-refractivity contribution in [3.8, 4) is 0 Å². The maximum absolute atomic E-state index is 13.3. The van der Waals surface area contributed by atoms with E-state index in [1.807, 2.05) is 0 Å². The second kappa shape index (κ2) is 3.89. The first-order valence-corrected chi connectivity index (χ1v) is 4.64. The lowest BCUT2D eigenvalue weighted by atomic mass is 10.0. The van der Waals surface area contributed by atoms with E-state index in [-0.39, 0.29) is 5.56 Å². The molecule has 2 rings (SSSR count). The van der Waals surface area contributed by atoms with Gasteiger partial charge in [-0.3, -0.25) is 4.79 Å². The highest BCUT2D eigenvalue weighted by molar-refractivity contribution is 6.09. The second-order valence-electron chi connectivity index (χ2n) is 3.32. The van der Waals surface area contributed by atoms with Crippen LogP contribution in [0.15, 0.2) is 34.9 Å². The van der Waals surface area contributed by atoms with Crippen molar-refractivity contribution in [3.63, 3.8) is 0 Å². The van der Waals surface area contributed by atoms with Crippen LogP contribution in [0, 0.1) is 18.6 Å². The van der Waals surface area contributed by atoms with Gasteiger partial charge in [0.25, 0.3) is 0 Å². The second-order valence-corrected chi connectivity index (χ2v) is 3.32. The van der Waals surface area contributed by atoms with Gasteiger partial charge in [-0.2, -0.15) is 0 Å². The summed E-state index contributed by atoms with van der Waals surface area (Å²) in [4.78, 5) is 11.8. The van der Waals surface area contributed by atoms with Gasteiger partial charge in [0.05, 0.1) is 17.4 Å². The van der Waals surface area contributed by atoms with E-state index in [0.29, 0.717) is 5.76 Å². The fraction of sp³-hybridized carbons (Fsp3) is 0.0833. The van der Waals surface area contributed by atoms with Gasteiger partial charge in [-0.15, -0.1) is 0 Å². The number of aryl methyl sites for hydroxylation is 1. The molecule has 0 amide bonds. The molecule has 1 aromatic carbocycles. The molecule has 0 unspecified atom stereocenters. The molecule has 2 nitrogen and oxygen atoms in total. The third-order valence-electron chi connectivity index (χ3n) is 2.29. The van der Waals surface area contributed by atoms with E-state index in [9.17, 15) is 13.6 Å². The van der Waals surface area contributed by atoms with E-state index in [4.69, 9.17) is 4.42 Å². The van der Waals surface area contributed by atoms with Crippen LogP contribution in [0.1, 0.15) is 21.7 Å². The molecular formula is C12H8F2O2. The lowest BCUT2D eigenvalue weighted by Crippen LogP contribution is -2.07. The Hall–Kier alpha value is -1.97. The topological polar surface area (TPSA) is 30.2 Å². The Morgan fingerprint density at radius 1 is 1.19 bits per heavy atom. The van der Waals surface area contributed by atoms with Gasteiger partial charge in [0, 0.05) is 0 Å². The molecule has 0 aliphatic heterocycles. The van der Waals surface area contributed by atoms with Crippen LogP contribution in [0.25, 0.3) is 0 Å². The SMILES string of the molecule is Cc1occc1C(=O)c1c(F)cccc1F. The molecule has 0 atom stereocenters. The molecule has 4 heteroatoms. The predicted molar refractivity (Wildman–Crippen MR) is 53.2 cm³/mol. The summed E-state index contributed by atoms with van der Waals surface area (Å²) >= 11 is 0. The van der Waals surface area contributed by atoms with Gasteiger partial charge in [-0.25, -0.2) is 8.78 Å². The Bertz CT molecular complexity index is 523. The summed E-state index contributed by atoms with van der Waals surface area (Å²) in [5, 5.41) is 0. The molecule has 0 radical (unpaired) electrons. The van der Waals surface area contributed by atoms with Gasteiger partial charge in [-0.1, -0.05) is 6.07 Å². The van der Waals surface area contributed by atoms with Crippen LogP contribution >= 0.6 is 0 Å². The lowest BCUT2D eigenvalue weighted by molar-refractivity contribution is 0.102. The lowest BCUT2D eigenvalue weighted by Gasteiger charge is -2.02. The Balaban J connectivity index is 2.54. The molecular weight excluding hydrogens is 214 g/mol. The third-order valence-corrected chi connectivity index (χ3v) is 2.29.